The van der Waals surface area contributed by atoms with E-state index in [1.54, 1.807) is 0 Å². The Kier molecular flexibility index (Phi) is 8.09. The van der Waals surface area contributed by atoms with E-state index in [1.807, 2.05) is 64.9 Å². The third-order valence-electron chi connectivity index (χ3n) is 4.16. The largest absolute Gasteiger partial charge is 0.353 e. The summed E-state index contributed by atoms with van der Waals surface area (Å²) in [4.78, 5) is 14.3. The molecule has 0 fully saturated rings. The molecule has 1 aromatic carbocycles. The molecule has 0 aromatic heterocycles. The lowest BCUT2D eigenvalue weighted by Gasteiger charge is -2.29. The van der Waals surface area contributed by atoms with Gasteiger partial charge in [-0.25, -0.2) is 8.42 Å². The highest BCUT2D eigenvalue weighted by Crippen LogP contribution is 2.36. The van der Waals surface area contributed by atoms with Gasteiger partial charge in [0.1, 0.15) is 6.54 Å². The normalized spacial score (nSPS) is 12.1. The molecule has 1 N–H and O–H groups in total. The minimum atomic E-state index is -3.60. The highest BCUT2D eigenvalue weighted by molar-refractivity contribution is 7.92. The predicted octanol–water partition coefficient (Wildman–Crippen LogP) is 2.38. The van der Waals surface area contributed by atoms with E-state index in [1.165, 1.54) is 4.31 Å². The summed E-state index contributed by atoms with van der Waals surface area (Å²) >= 11 is 0. The molecule has 0 radical (unpaired) electrons. The molecule has 0 unspecified atom stereocenters. The first-order valence-corrected chi connectivity index (χ1v) is 10.8. The molecule has 0 saturated heterocycles. The van der Waals surface area contributed by atoms with Crippen molar-refractivity contribution in [3.8, 4) is 0 Å². The second-order valence-corrected chi connectivity index (χ2v) is 9.42. The van der Waals surface area contributed by atoms with Crippen LogP contribution in [0.1, 0.15) is 50.7 Å². The third kappa shape index (κ3) is 6.29. The number of nitrogens with one attached hydrogen (secondary N) is 1. The van der Waals surface area contributed by atoms with Crippen LogP contribution in [0.4, 0.5) is 5.69 Å². The Morgan fingerprint density at radius 1 is 1.08 bits per heavy atom. The summed E-state index contributed by atoms with van der Waals surface area (Å²) in [5.74, 6) is -0.0138. The summed E-state index contributed by atoms with van der Waals surface area (Å²) in [6.45, 7) is 9.08. The maximum Gasteiger partial charge on any atom is 0.240 e. The topological polar surface area (TPSA) is 69.7 Å². The Balaban J connectivity index is 3.28. The average Bonchev–Trinajstić information content (AvgIpc) is 2.50. The second kappa shape index (κ2) is 9.37. The fourth-order valence-electron chi connectivity index (χ4n) is 2.77. The quantitative estimate of drug-likeness (QED) is 0.711. The summed E-state index contributed by atoms with van der Waals surface area (Å²) in [6.07, 6.45) is 1.15. The van der Waals surface area contributed by atoms with E-state index in [9.17, 15) is 13.2 Å². The Labute approximate surface area is 158 Å². The van der Waals surface area contributed by atoms with Crippen molar-refractivity contribution in [1.29, 1.82) is 0 Å². The van der Waals surface area contributed by atoms with Crippen molar-refractivity contribution in [2.24, 2.45) is 0 Å². The van der Waals surface area contributed by atoms with Crippen LogP contribution in [-0.2, 0) is 14.8 Å². The number of hydrogen-bond acceptors (Lipinski definition) is 4. The molecular weight excluding hydrogens is 350 g/mol. The maximum atomic E-state index is 12.5. The number of carbonyl (C=O) groups is 1. The molecule has 148 valence electrons. The third-order valence-corrected chi connectivity index (χ3v) is 5.27. The van der Waals surface area contributed by atoms with Crippen molar-refractivity contribution in [2.45, 2.75) is 39.5 Å². The Hall–Kier alpha value is -1.60. The number of carbonyl (C=O) groups excluding carboxylic acids is 1. The number of para-hydroxylation sites is 1. The number of nitrogens with zero attached hydrogens (tertiary/aromatic N) is 2. The van der Waals surface area contributed by atoms with Gasteiger partial charge in [-0.2, -0.15) is 0 Å². The Morgan fingerprint density at radius 2 is 1.58 bits per heavy atom. The summed E-state index contributed by atoms with van der Waals surface area (Å²) in [5, 5.41) is 2.80. The minimum absolute atomic E-state index is 0.143. The molecule has 1 amide bonds. The molecule has 7 heteroatoms. The SMILES string of the molecule is CC(C)c1cccc(C(C)C)c1N(CC(=O)NCCN(C)C)S(C)(=O)=O. The number of rotatable bonds is 9. The first-order chi connectivity index (χ1) is 11.9. The highest BCUT2D eigenvalue weighted by Gasteiger charge is 2.27. The Bertz CT molecular complexity index is 686. The van der Waals surface area contributed by atoms with E-state index >= 15 is 0 Å². The first-order valence-electron chi connectivity index (χ1n) is 8.97. The van der Waals surface area contributed by atoms with Crippen LogP contribution < -0.4 is 9.62 Å². The van der Waals surface area contributed by atoms with Crippen LogP contribution >= 0.6 is 0 Å². The van der Waals surface area contributed by atoms with Gasteiger partial charge >= 0.3 is 0 Å². The van der Waals surface area contributed by atoms with Gasteiger partial charge in [0.15, 0.2) is 0 Å². The number of amides is 1. The number of anilines is 1. The lowest BCUT2D eigenvalue weighted by atomic mass is 9.92. The maximum absolute atomic E-state index is 12.5. The highest BCUT2D eigenvalue weighted by atomic mass is 32.2. The van der Waals surface area contributed by atoms with Crippen LogP contribution in [0.2, 0.25) is 0 Å². The van der Waals surface area contributed by atoms with Crippen molar-refractivity contribution >= 4 is 21.6 Å². The molecule has 0 saturated carbocycles. The number of benzene rings is 1. The molecule has 0 heterocycles. The van der Waals surface area contributed by atoms with E-state index in [2.05, 4.69) is 5.32 Å². The van der Waals surface area contributed by atoms with Crippen LogP contribution in [0, 0.1) is 0 Å². The van der Waals surface area contributed by atoms with Gasteiger partial charge in [-0.05, 0) is 37.1 Å². The summed E-state index contributed by atoms with van der Waals surface area (Å²) in [7, 11) is 0.234. The van der Waals surface area contributed by atoms with Gasteiger partial charge < -0.3 is 10.2 Å². The lowest BCUT2D eigenvalue weighted by Crippen LogP contribution is -2.42. The van der Waals surface area contributed by atoms with Crippen molar-refractivity contribution in [1.82, 2.24) is 10.2 Å². The van der Waals surface area contributed by atoms with Gasteiger partial charge in [0, 0.05) is 13.1 Å². The van der Waals surface area contributed by atoms with Crippen LogP contribution in [-0.4, -0.2) is 59.2 Å². The molecule has 0 aliphatic carbocycles. The molecule has 0 aliphatic heterocycles. The minimum Gasteiger partial charge on any atom is -0.353 e. The van der Waals surface area contributed by atoms with Gasteiger partial charge in [-0.15, -0.1) is 0 Å². The zero-order valence-corrected chi connectivity index (χ0v) is 17.9. The molecule has 0 bridgehead atoms. The molecule has 1 rings (SSSR count). The monoisotopic (exact) mass is 383 g/mol. The second-order valence-electron chi connectivity index (χ2n) is 7.52. The standard InChI is InChI=1S/C19H33N3O3S/c1-14(2)16-9-8-10-17(15(3)4)19(16)22(26(7,24)25)13-18(23)20-11-12-21(5)6/h8-10,14-15H,11-13H2,1-7H3,(H,20,23). The van der Waals surface area contributed by atoms with E-state index < -0.39 is 10.0 Å². The van der Waals surface area contributed by atoms with E-state index in [-0.39, 0.29) is 24.3 Å². The van der Waals surface area contributed by atoms with Crippen molar-refractivity contribution in [3.63, 3.8) is 0 Å². The summed E-state index contributed by atoms with van der Waals surface area (Å²) in [6, 6.07) is 5.83. The lowest BCUT2D eigenvalue weighted by molar-refractivity contribution is -0.119. The Morgan fingerprint density at radius 3 is 1.96 bits per heavy atom. The van der Waals surface area contributed by atoms with E-state index in [0.29, 0.717) is 18.8 Å². The van der Waals surface area contributed by atoms with Crippen molar-refractivity contribution in [2.75, 3.05) is 44.3 Å². The molecular formula is C19H33N3O3S. The fraction of sp³-hybridized carbons (Fsp3) is 0.632. The van der Waals surface area contributed by atoms with Gasteiger partial charge in [0.05, 0.1) is 11.9 Å². The average molecular weight is 384 g/mol. The first kappa shape index (κ1) is 22.4. The van der Waals surface area contributed by atoms with Gasteiger partial charge in [0.25, 0.3) is 0 Å². The molecule has 0 atom stereocenters. The van der Waals surface area contributed by atoms with Crippen LogP contribution in [0.25, 0.3) is 0 Å². The fourth-order valence-corrected chi connectivity index (χ4v) is 3.66. The molecule has 26 heavy (non-hydrogen) atoms. The summed E-state index contributed by atoms with van der Waals surface area (Å²) < 4.78 is 26.3. The summed E-state index contributed by atoms with van der Waals surface area (Å²) in [5.41, 5.74) is 2.51. The predicted molar refractivity (Wildman–Crippen MR) is 108 cm³/mol. The number of sulfonamides is 1. The van der Waals surface area contributed by atoms with Crippen LogP contribution in [0.15, 0.2) is 18.2 Å². The molecule has 0 spiro atoms. The molecule has 0 aliphatic rings. The van der Waals surface area contributed by atoms with Gasteiger partial charge in [-0.3, -0.25) is 9.10 Å². The van der Waals surface area contributed by atoms with Crippen LogP contribution in [0.5, 0.6) is 0 Å². The van der Waals surface area contributed by atoms with Crippen LogP contribution in [0.3, 0.4) is 0 Å². The molecule has 1 aromatic rings. The number of likely N-dealkylation sites (N-methyl/N-ethyl adjacent to an activating group) is 1. The van der Waals surface area contributed by atoms with Gasteiger partial charge in [0.2, 0.25) is 15.9 Å². The van der Waals surface area contributed by atoms with Crippen molar-refractivity contribution in [3.05, 3.63) is 29.3 Å². The van der Waals surface area contributed by atoms with Crippen molar-refractivity contribution < 1.29 is 13.2 Å². The molecule has 6 nitrogen and oxygen atoms in total. The zero-order valence-electron chi connectivity index (χ0n) is 17.0. The smallest absolute Gasteiger partial charge is 0.240 e. The number of hydrogen-bond donors (Lipinski definition) is 1. The van der Waals surface area contributed by atoms with E-state index in [4.69, 9.17) is 0 Å². The van der Waals surface area contributed by atoms with E-state index in [0.717, 1.165) is 17.4 Å². The van der Waals surface area contributed by atoms with Gasteiger partial charge in [-0.1, -0.05) is 45.9 Å². The zero-order chi connectivity index (χ0) is 20.1.